The van der Waals surface area contributed by atoms with Gasteiger partial charge in [-0.25, -0.2) is 4.98 Å². The molecule has 0 aliphatic rings. The van der Waals surface area contributed by atoms with Crippen LogP contribution in [0.2, 0.25) is 0 Å². The molecular weight excluding hydrogens is 252 g/mol. The molecule has 2 heterocycles. The number of imidazole rings is 1. The SMILES string of the molecule is C[C@@H](C(N)=O)[C@H](N)c1cn2cc(C(C)(C)C)ccc2n1. The minimum absolute atomic E-state index is 0.0707. The van der Waals surface area contributed by atoms with E-state index in [1.54, 1.807) is 6.92 Å². The fourth-order valence-electron chi connectivity index (χ4n) is 2.05. The summed E-state index contributed by atoms with van der Waals surface area (Å²) in [6.45, 7) is 8.20. The summed E-state index contributed by atoms with van der Waals surface area (Å²) in [6.07, 6.45) is 3.92. The predicted octanol–water partition coefficient (Wildman–Crippen LogP) is 1.75. The van der Waals surface area contributed by atoms with Gasteiger partial charge in [-0.3, -0.25) is 4.79 Å². The van der Waals surface area contributed by atoms with E-state index in [9.17, 15) is 4.79 Å². The molecule has 0 spiro atoms. The van der Waals surface area contributed by atoms with E-state index in [1.165, 1.54) is 5.56 Å². The molecule has 2 atom stereocenters. The zero-order valence-corrected chi connectivity index (χ0v) is 12.4. The molecule has 0 aliphatic carbocycles. The average Bonchev–Trinajstić information content (AvgIpc) is 2.78. The van der Waals surface area contributed by atoms with Gasteiger partial charge in [0.05, 0.1) is 17.7 Å². The van der Waals surface area contributed by atoms with Gasteiger partial charge in [0.15, 0.2) is 0 Å². The lowest BCUT2D eigenvalue weighted by Gasteiger charge is -2.18. The van der Waals surface area contributed by atoms with Crippen LogP contribution in [0.5, 0.6) is 0 Å². The minimum atomic E-state index is -0.481. The fourth-order valence-corrected chi connectivity index (χ4v) is 2.05. The van der Waals surface area contributed by atoms with Crippen LogP contribution >= 0.6 is 0 Å². The second-order valence-electron chi connectivity index (χ2n) is 6.32. The first kappa shape index (κ1) is 14.5. The number of hydrogen-bond donors (Lipinski definition) is 2. The van der Waals surface area contributed by atoms with Crippen molar-refractivity contribution in [3.8, 4) is 0 Å². The molecule has 1 amide bonds. The molecule has 0 bridgehead atoms. The summed E-state index contributed by atoms with van der Waals surface area (Å²) in [5.41, 5.74) is 14.1. The van der Waals surface area contributed by atoms with E-state index < -0.39 is 17.9 Å². The van der Waals surface area contributed by atoms with Crippen LogP contribution in [0.4, 0.5) is 0 Å². The molecule has 4 N–H and O–H groups in total. The molecule has 0 fully saturated rings. The Morgan fingerprint density at radius 2 is 1.95 bits per heavy atom. The summed E-state index contributed by atoms with van der Waals surface area (Å²) in [5.74, 6) is -0.855. The van der Waals surface area contributed by atoms with Crippen LogP contribution in [-0.2, 0) is 10.2 Å². The zero-order chi connectivity index (χ0) is 15.1. The third-order valence-electron chi connectivity index (χ3n) is 3.66. The quantitative estimate of drug-likeness (QED) is 0.894. The number of rotatable bonds is 3. The molecule has 5 nitrogen and oxygen atoms in total. The van der Waals surface area contributed by atoms with Gasteiger partial charge in [-0.2, -0.15) is 0 Å². The minimum Gasteiger partial charge on any atom is -0.369 e. The van der Waals surface area contributed by atoms with Crippen molar-refractivity contribution in [2.45, 2.75) is 39.2 Å². The van der Waals surface area contributed by atoms with E-state index in [0.717, 1.165) is 5.65 Å². The van der Waals surface area contributed by atoms with Crippen LogP contribution in [0.3, 0.4) is 0 Å². The Morgan fingerprint density at radius 1 is 1.30 bits per heavy atom. The van der Waals surface area contributed by atoms with E-state index >= 15 is 0 Å². The van der Waals surface area contributed by atoms with E-state index in [-0.39, 0.29) is 5.41 Å². The number of aromatic nitrogens is 2. The van der Waals surface area contributed by atoms with Gasteiger partial charge in [0.1, 0.15) is 5.65 Å². The Balaban J connectivity index is 2.41. The molecule has 0 saturated heterocycles. The lowest BCUT2D eigenvalue weighted by atomic mass is 9.88. The Morgan fingerprint density at radius 3 is 2.50 bits per heavy atom. The molecule has 2 aromatic rings. The number of hydrogen-bond acceptors (Lipinski definition) is 3. The number of fused-ring (bicyclic) bond motifs is 1. The third kappa shape index (κ3) is 2.67. The summed E-state index contributed by atoms with van der Waals surface area (Å²) in [7, 11) is 0. The molecule has 108 valence electrons. The third-order valence-corrected chi connectivity index (χ3v) is 3.66. The highest BCUT2D eigenvalue weighted by atomic mass is 16.1. The van der Waals surface area contributed by atoms with Gasteiger partial charge in [0.25, 0.3) is 0 Å². The number of carbonyl (C=O) groups excluding carboxylic acids is 1. The molecule has 5 heteroatoms. The highest BCUT2D eigenvalue weighted by Gasteiger charge is 2.22. The molecule has 20 heavy (non-hydrogen) atoms. The fraction of sp³-hybridized carbons (Fsp3) is 0.467. The van der Waals surface area contributed by atoms with Crippen molar-refractivity contribution in [1.29, 1.82) is 0 Å². The number of nitrogens with two attached hydrogens (primary N) is 2. The smallest absolute Gasteiger partial charge is 0.222 e. The molecule has 0 saturated carbocycles. The second-order valence-corrected chi connectivity index (χ2v) is 6.32. The van der Waals surface area contributed by atoms with Crippen molar-refractivity contribution < 1.29 is 4.79 Å². The molecule has 0 aliphatic heterocycles. The largest absolute Gasteiger partial charge is 0.369 e. The monoisotopic (exact) mass is 274 g/mol. The van der Waals surface area contributed by atoms with Crippen molar-refractivity contribution in [2.24, 2.45) is 17.4 Å². The summed E-state index contributed by atoms with van der Waals surface area (Å²) >= 11 is 0. The lowest BCUT2D eigenvalue weighted by molar-refractivity contribution is -0.121. The molecule has 2 rings (SSSR count). The Bertz CT molecular complexity index is 639. The molecule has 0 unspecified atom stereocenters. The van der Waals surface area contributed by atoms with Gasteiger partial charge in [0, 0.05) is 12.4 Å². The van der Waals surface area contributed by atoms with Crippen molar-refractivity contribution in [1.82, 2.24) is 9.38 Å². The van der Waals surface area contributed by atoms with Crippen LogP contribution in [-0.4, -0.2) is 15.3 Å². The van der Waals surface area contributed by atoms with Crippen molar-refractivity contribution in [3.63, 3.8) is 0 Å². The Labute approximate surface area is 119 Å². The van der Waals surface area contributed by atoms with Gasteiger partial charge in [-0.15, -0.1) is 0 Å². The molecule has 2 aromatic heterocycles. The number of primary amides is 1. The van der Waals surface area contributed by atoms with Crippen molar-refractivity contribution >= 4 is 11.6 Å². The average molecular weight is 274 g/mol. The predicted molar refractivity (Wildman–Crippen MR) is 79.2 cm³/mol. The normalized spacial score (nSPS) is 15.2. The molecule has 0 aromatic carbocycles. The zero-order valence-electron chi connectivity index (χ0n) is 12.4. The lowest BCUT2D eigenvalue weighted by Crippen LogP contribution is -2.31. The van der Waals surface area contributed by atoms with Gasteiger partial charge >= 0.3 is 0 Å². The summed E-state index contributed by atoms with van der Waals surface area (Å²) in [6, 6.07) is 3.55. The number of amides is 1. The van der Waals surface area contributed by atoms with Gasteiger partial charge in [0.2, 0.25) is 5.91 Å². The van der Waals surface area contributed by atoms with E-state index in [0.29, 0.717) is 5.69 Å². The van der Waals surface area contributed by atoms with Crippen LogP contribution < -0.4 is 11.5 Å². The first-order valence-corrected chi connectivity index (χ1v) is 6.74. The summed E-state index contributed by atoms with van der Waals surface area (Å²) < 4.78 is 1.95. The maximum atomic E-state index is 11.2. The highest BCUT2D eigenvalue weighted by Crippen LogP contribution is 2.24. The Kier molecular flexibility index (Phi) is 3.56. The maximum Gasteiger partial charge on any atom is 0.222 e. The van der Waals surface area contributed by atoms with Crippen molar-refractivity contribution in [2.75, 3.05) is 0 Å². The summed E-state index contributed by atoms with van der Waals surface area (Å²) in [5, 5.41) is 0. The standard InChI is InChI=1S/C15H22N4O/c1-9(14(17)20)13(16)11-8-19-7-10(15(2,3)4)5-6-12(19)18-11/h5-9,13H,16H2,1-4H3,(H2,17,20)/t9-,13+/m1/s1. The second kappa shape index (κ2) is 4.90. The van der Waals surface area contributed by atoms with Gasteiger partial charge in [-0.05, 0) is 17.0 Å². The van der Waals surface area contributed by atoms with Crippen LogP contribution in [0, 0.1) is 5.92 Å². The first-order valence-electron chi connectivity index (χ1n) is 6.74. The van der Waals surface area contributed by atoms with Crippen LogP contribution in [0.15, 0.2) is 24.5 Å². The molecular formula is C15H22N4O. The van der Waals surface area contributed by atoms with E-state index in [2.05, 4.69) is 31.8 Å². The van der Waals surface area contributed by atoms with Crippen molar-refractivity contribution in [3.05, 3.63) is 35.8 Å². The number of pyridine rings is 1. The van der Waals surface area contributed by atoms with E-state index in [1.807, 2.05) is 22.9 Å². The summed E-state index contributed by atoms with van der Waals surface area (Å²) in [4.78, 5) is 15.7. The molecule has 0 radical (unpaired) electrons. The Hall–Kier alpha value is -1.88. The topological polar surface area (TPSA) is 86.4 Å². The maximum absolute atomic E-state index is 11.2. The highest BCUT2D eigenvalue weighted by molar-refractivity contribution is 5.77. The van der Waals surface area contributed by atoms with Crippen LogP contribution in [0.1, 0.15) is 45.0 Å². The number of nitrogens with zero attached hydrogens (tertiary/aromatic N) is 2. The van der Waals surface area contributed by atoms with E-state index in [4.69, 9.17) is 11.5 Å². The first-order chi connectivity index (χ1) is 9.20. The van der Waals surface area contributed by atoms with Gasteiger partial charge < -0.3 is 15.9 Å². The number of carbonyl (C=O) groups is 1. The van der Waals surface area contributed by atoms with Gasteiger partial charge in [-0.1, -0.05) is 33.8 Å². The van der Waals surface area contributed by atoms with Crippen LogP contribution in [0.25, 0.3) is 5.65 Å².